The monoisotopic (exact) mass is 518 g/mol. The van der Waals surface area contributed by atoms with Crippen molar-refractivity contribution < 1.29 is 0 Å². The molecule has 2 aliphatic heterocycles. The van der Waals surface area contributed by atoms with E-state index in [0.29, 0.717) is 0 Å². The van der Waals surface area contributed by atoms with Gasteiger partial charge in [-0.25, -0.2) is 15.0 Å². The molecule has 6 rings (SSSR count). The van der Waals surface area contributed by atoms with Crippen LogP contribution in [0.15, 0.2) is 35.5 Å². The highest BCUT2D eigenvalue weighted by Crippen LogP contribution is 2.41. The highest BCUT2D eigenvalue weighted by atomic mass is 32.2. The van der Waals surface area contributed by atoms with Crippen molar-refractivity contribution in [3.05, 3.63) is 52.4 Å². The fourth-order valence-electron chi connectivity index (χ4n) is 5.58. The zero-order chi connectivity index (χ0) is 24.6. The van der Waals surface area contributed by atoms with E-state index in [-0.39, 0.29) is 0 Å². The van der Waals surface area contributed by atoms with E-state index in [1.54, 1.807) is 29.4 Å². The maximum absolute atomic E-state index is 4.94. The first-order chi connectivity index (χ1) is 17.6. The lowest BCUT2D eigenvalue weighted by Gasteiger charge is -2.35. The highest BCUT2D eigenvalue weighted by molar-refractivity contribution is 7.98. The lowest BCUT2D eigenvalue weighted by Crippen LogP contribution is -2.47. The topological polar surface area (TPSA) is 50.1 Å². The molecular weight excluding hydrogens is 484 g/mol. The second kappa shape index (κ2) is 10.1. The zero-order valence-electron chi connectivity index (χ0n) is 21.5. The van der Waals surface area contributed by atoms with Gasteiger partial charge in [-0.2, -0.15) is 0 Å². The molecule has 1 aromatic carbocycles. The molecule has 6 nitrogen and oxygen atoms in total. The molecule has 188 valence electrons. The molecule has 0 unspecified atom stereocenters. The number of nitrogens with zero attached hydrogens (tertiary/aromatic N) is 6. The van der Waals surface area contributed by atoms with Crippen LogP contribution in [-0.4, -0.2) is 63.4 Å². The Morgan fingerprint density at radius 2 is 1.78 bits per heavy atom. The van der Waals surface area contributed by atoms with Crippen molar-refractivity contribution in [2.45, 2.75) is 51.0 Å². The number of hydrogen-bond donors (Lipinski definition) is 0. The Morgan fingerprint density at radius 1 is 0.972 bits per heavy atom. The van der Waals surface area contributed by atoms with Crippen molar-refractivity contribution in [3.8, 4) is 10.6 Å². The molecule has 5 heterocycles. The zero-order valence-corrected chi connectivity index (χ0v) is 23.1. The van der Waals surface area contributed by atoms with Gasteiger partial charge in [0.25, 0.3) is 0 Å². The van der Waals surface area contributed by atoms with Crippen LogP contribution in [0.25, 0.3) is 21.6 Å². The maximum Gasteiger partial charge on any atom is 0.156 e. The third-order valence-electron chi connectivity index (χ3n) is 7.76. The SMILES string of the molecule is CSc1ccc(CCN2CCN(c3ncnc4c(-c5nc(C)c(C)s5)c5n(c34)CCCC5)CC2)cc1. The van der Waals surface area contributed by atoms with E-state index in [2.05, 4.69) is 58.7 Å². The molecule has 1 fully saturated rings. The minimum atomic E-state index is 1.00. The second-order valence-corrected chi connectivity index (χ2v) is 12.0. The van der Waals surface area contributed by atoms with Gasteiger partial charge in [-0.05, 0) is 63.5 Å². The molecule has 0 bridgehead atoms. The molecule has 8 heteroatoms. The third-order valence-corrected chi connectivity index (χ3v) is 9.59. The molecular formula is C28H34N6S2. The number of piperazine rings is 1. The maximum atomic E-state index is 4.94. The van der Waals surface area contributed by atoms with E-state index >= 15 is 0 Å². The van der Waals surface area contributed by atoms with Crippen molar-refractivity contribution in [1.29, 1.82) is 0 Å². The van der Waals surface area contributed by atoms with Gasteiger partial charge in [-0.3, -0.25) is 4.90 Å². The van der Waals surface area contributed by atoms with Crippen LogP contribution in [0.5, 0.6) is 0 Å². The largest absolute Gasteiger partial charge is 0.352 e. The van der Waals surface area contributed by atoms with Gasteiger partial charge in [0.1, 0.15) is 22.4 Å². The highest BCUT2D eigenvalue weighted by Gasteiger charge is 2.29. The Balaban J connectivity index is 1.24. The van der Waals surface area contributed by atoms with Gasteiger partial charge in [0.2, 0.25) is 0 Å². The first-order valence-corrected chi connectivity index (χ1v) is 15.1. The number of benzene rings is 1. The first-order valence-electron chi connectivity index (χ1n) is 13.0. The molecule has 2 aliphatic rings. The van der Waals surface area contributed by atoms with Crippen LogP contribution >= 0.6 is 23.1 Å². The summed E-state index contributed by atoms with van der Waals surface area (Å²) in [6, 6.07) is 9.02. The molecule has 4 aromatic rings. The summed E-state index contributed by atoms with van der Waals surface area (Å²) in [6.45, 7) is 10.6. The van der Waals surface area contributed by atoms with E-state index < -0.39 is 0 Å². The van der Waals surface area contributed by atoms with Crippen LogP contribution < -0.4 is 4.90 Å². The molecule has 3 aromatic heterocycles. The van der Waals surface area contributed by atoms with Crippen molar-refractivity contribution in [2.75, 3.05) is 43.9 Å². The number of fused-ring (bicyclic) bond motifs is 3. The second-order valence-electron chi connectivity index (χ2n) is 9.91. The van der Waals surface area contributed by atoms with Gasteiger partial charge in [-0.1, -0.05) is 12.1 Å². The van der Waals surface area contributed by atoms with Crippen LogP contribution in [0.1, 0.15) is 34.7 Å². The standard InChI is InChI=1S/C28H34N6S2/c1-19-20(2)36-28(31-19)24-23-6-4-5-12-34(23)26-25(24)29-18-30-27(26)33-16-14-32(15-17-33)13-11-21-7-9-22(35-3)10-8-21/h7-10,18H,4-6,11-17H2,1-3H3. The number of aromatic nitrogens is 4. The summed E-state index contributed by atoms with van der Waals surface area (Å²) >= 11 is 3.60. The van der Waals surface area contributed by atoms with Gasteiger partial charge < -0.3 is 9.47 Å². The summed E-state index contributed by atoms with van der Waals surface area (Å²) in [7, 11) is 0. The summed E-state index contributed by atoms with van der Waals surface area (Å²) in [5.41, 5.74) is 7.51. The Hall–Kier alpha value is -2.42. The fourth-order valence-corrected chi connectivity index (χ4v) is 6.97. The lowest BCUT2D eigenvalue weighted by molar-refractivity contribution is 0.260. The van der Waals surface area contributed by atoms with E-state index in [4.69, 9.17) is 15.0 Å². The molecule has 1 saturated heterocycles. The predicted octanol–water partition coefficient (Wildman–Crippen LogP) is 5.59. The predicted molar refractivity (Wildman–Crippen MR) is 152 cm³/mol. The van der Waals surface area contributed by atoms with Gasteiger partial charge in [0.05, 0.1) is 11.3 Å². The summed E-state index contributed by atoms with van der Waals surface area (Å²) < 4.78 is 2.51. The number of hydrogen-bond acceptors (Lipinski definition) is 7. The Kier molecular flexibility index (Phi) is 6.75. The van der Waals surface area contributed by atoms with Crippen molar-refractivity contribution in [3.63, 3.8) is 0 Å². The van der Waals surface area contributed by atoms with Crippen molar-refractivity contribution in [2.24, 2.45) is 0 Å². The quantitative estimate of drug-likeness (QED) is 0.310. The minimum absolute atomic E-state index is 1.00. The van der Waals surface area contributed by atoms with E-state index in [1.807, 2.05) is 0 Å². The van der Waals surface area contributed by atoms with E-state index in [1.165, 1.54) is 45.0 Å². The van der Waals surface area contributed by atoms with Crippen LogP contribution in [0, 0.1) is 13.8 Å². The van der Waals surface area contributed by atoms with Crippen LogP contribution in [0.4, 0.5) is 5.82 Å². The number of thioether (sulfide) groups is 1. The number of aryl methyl sites for hydroxylation is 3. The number of rotatable bonds is 6. The van der Waals surface area contributed by atoms with Crippen LogP contribution in [0.3, 0.4) is 0 Å². The molecule has 0 amide bonds. The summed E-state index contributed by atoms with van der Waals surface area (Å²) in [5, 5.41) is 1.12. The van der Waals surface area contributed by atoms with Crippen LogP contribution in [-0.2, 0) is 19.4 Å². The van der Waals surface area contributed by atoms with Gasteiger partial charge >= 0.3 is 0 Å². The van der Waals surface area contributed by atoms with E-state index in [0.717, 1.165) is 74.1 Å². The van der Waals surface area contributed by atoms with Gasteiger partial charge in [0.15, 0.2) is 5.82 Å². The van der Waals surface area contributed by atoms with Crippen molar-refractivity contribution >= 4 is 39.9 Å². The molecule has 36 heavy (non-hydrogen) atoms. The summed E-state index contributed by atoms with van der Waals surface area (Å²) in [5.74, 6) is 1.10. The molecule has 0 saturated carbocycles. The Morgan fingerprint density at radius 3 is 2.50 bits per heavy atom. The molecule has 0 N–H and O–H groups in total. The Labute approximate surface area is 221 Å². The average molecular weight is 519 g/mol. The molecule has 0 spiro atoms. The first kappa shape index (κ1) is 23.9. The normalized spacial score (nSPS) is 16.6. The Bertz CT molecular complexity index is 1350. The summed E-state index contributed by atoms with van der Waals surface area (Å²) in [4.78, 5) is 22.3. The fraction of sp³-hybridized carbons (Fsp3) is 0.464. The molecule has 0 radical (unpaired) electrons. The lowest BCUT2D eigenvalue weighted by atomic mass is 10.1. The number of anilines is 1. The van der Waals surface area contributed by atoms with Crippen LogP contribution in [0.2, 0.25) is 0 Å². The minimum Gasteiger partial charge on any atom is -0.352 e. The van der Waals surface area contributed by atoms with Crippen molar-refractivity contribution in [1.82, 2.24) is 24.4 Å². The average Bonchev–Trinajstić information content (AvgIpc) is 3.44. The summed E-state index contributed by atoms with van der Waals surface area (Å²) in [6.07, 6.45) is 8.54. The van der Waals surface area contributed by atoms with Gasteiger partial charge in [0, 0.05) is 54.7 Å². The third kappa shape index (κ3) is 4.44. The smallest absolute Gasteiger partial charge is 0.156 e. The van der Waals surface area contributed by atoms with E-state index in [9.17, 15) is 0 Å². The van der Waals surface area contributed by atoms with Gasteiger partial charge in [-0.15, -0.1) is 23.1 Å². The molecule has 0 aliphatic carbocycles. The molecule has 0 atom stereocenters. The number of thiazole rings is 1.